The Kier molecular flexibility index (Phi) is 3.10. The van der Waals surface area contributed by atoms with Crippen LogP contribution in [0.2, 0.25) is 0 Å². The summed E-state index contributed by atoms with van der Waals surface area (Å²) in [5, 5.41) is 0. The van der Waals surface area contributed by atoms with E-state index < -0.39 is 0 Å². The van der Waals surface area contributed by atoms with Crippen LogP contribution in [0.3, 0.4) is 0 Å². The van der Waals surface area contributed by atoms with E-state index in [0.717, 1.165) is 0 Å². The van der Waals surface area contributed by atoms with Gasteiger partial charge in [-0.1, -0.05) is 6.07 Å². The Labute approximate surface area is 101 Å². The third kappa shape index (κ3) is 2.52. The fourth-order valence-electron chi connectivity index (χ4n) is 1.26. The van der Waals surface area contributed by atoms with Crippen LogP contribution < -0.4 is 10.5 Å². The van der Waals surface area contributed by atoms with Gasteiger partial charge in [0.05, 0.1) is 4.47 Å². The Balaban J connectivity index is 2.30. The second-order valence-electron chi connectivity index (χ2n) is 3.25. The van der Waals surface area contributed by atoms with E-state index in [1.54, 1.807) is 30.3 Å². The molecule has 0 saturated heterocycles. The lowest BCUT2D eigenvalue weighted by Crippen LogP contribution is -1.89. The number of benzene rings is 2. The molecule has 82 valence electrons. The van der Waals surface area contributed by atoms with Crippen LogP contribution in [0, 0.1) is 5.82 Å². The molecule has 0 heterocycles. The van der Waals surface area contributed by atoms with Crippen LogP contribution in [-0.4, -0.2) is 0 Å². The molecular weight excluding hydrogens is 273 g/mol. The highest BCUT2D eigenvalue weighted by Gasteiger charge is 2.04. The maximum atomic E-state index is 13.0. The van der Waals surface area contributed by atoms with E-state index in [4.69, 9.17) is 10.5 Å². The number of nitrogen functional groups attached to an aromatic ring is 1. The van der Waals surface area contributed by atoms with Gasteiger partial charge in [-0.05, 0) is 40.2 Å². The predicted octanol–water partition coefficient (Wildman–Crippen LogP) is 3.96. The van der Waals surface area contributed by atoms with E-state index in [1.807, 2.05) is 0 Å². The maximum absolute atomic E-state index is 13.0. The van der Waals surface area contributed by atoms with Crippen molar-refractivity contribution >= 4 is 21.6 Å². The van der Waals surface area contributed by atoms with Crippen LogP contribution in [0.4, 0.5) is 10.1 Å². The van der Waals surface area contributed by atoms with Gasteiger partial charge in [-0.15, -0.1) is 0 Å². The lowest BCUT2D eigenvalue weighted by Gasteiger charge is -2.08. The van der Waals surface area contributed by atoms with Gasteiger partial charge in [0.1, 0.15) is 17.3 Å². The first-order valence-electron chi connectivity index (χ1n) is 4.63. The van der Waals surface area contributed by atoms with Crippen LogP contribution in [0.1, 0.15) is 0 Å². The standard InChI is InChI=1S/C12H9BrFNO/c13-11-5-4-8(14)6-12(11)16-10-3-1-2-9(15)7-10/h1-7H,15H2. The number of anilines is 1. The molecule has 4 heteroatoms. The second-order valence-corrected chi connectivity index (χ2v) is 4.10. The highest BCUT2D eigenvalue weighted by Crippen LogP contribution is 2.30. The molecule has 2 aromatic rings. The lowest BCUT2D eigenvalue weighted by molar-refractivity contribution is 0.474. The first kappa shape index (κ1) is 11.0. The summed E-state index contributed by atoms with van der Waals surface area (Å²) in [6.07, 6.45) is 0. The number of rotatable bonds is 2. The quantitative estimate of drug-likeness (QED) is 0.846. The van der Waals surface area contributed by atoms with Gasteiger partial charge < -0.3 is 10.5 Å². The minimum atomic E-state index is -0.345. The lowest BCUT2D eigenvalue weighted by atomic mass is 10.3. The molecular formula is C12H9BrFNO. The van der Waals surface area contributed by atoms with Crippen molar-refractivity contribution in [2.75, 3.05) is 5.73 Å². The summed E-state index contributed by atoms with van der Waals surface area (Å²) in [5.41, 5.74) is 6.22. The van der Waals surface area contributed by atoms with Gasteiger partial charge in [-0.3, -0.25) is 0 Å². The molecule has 0 unspecified atom stereocenters. The Bertz CT molecular complexity index is 516. The SMILES string of the molecule is Nc1cccc(Oc2cc(F)ccc2Br)c1. The molecule has 16 heavy (non-hydrogen) atoms. The van der Waals surface area contributed by atoms with Gasteiger partial charge in [-0.25, -0.2) is 4.39 Å². The van der Waals surface area contributed by atoms with Crippen molar-refractivity contribution < 1.29 is 9.13 Å². The molecule has 0 saturated carbocycles. The Morgan fingerprint density at radius 2 is 1.94 bits per heavy atom. The van der Waals surface area contributed by atoms with Gasteiger partial charge in [-0.2, -0.15) is 0 Å². The van der Waals surface area contributed by atoms with Gasteiger partial charge in [0.2, 0.25) is 0 Å². The highest BCUT2D eigenvalue weighted by molar-refractivity contribution is 9.10. The van der Waals surface area contributed by atoms with Gasteiger partial charge in [0, 0.05) is 17.8 Å². The van der Waals surface area contributed by atoms with Crippen molar-refractivity contribution in [1.29, 1.82) is 0 Å². The minimum Gasteiger partial charge on any atom is -0.456 e. The number of halogens is 2. The first-order valence-corrected chi connectivity index (χ1v) is 5.43. The zero-order valence-electron chi connectivity index (χ0n) is 8.28. The summed E-state index contributed by atoms with van der Waals surface area (Å²) in [4.78, 5) is 0. The van der Waals surface area contributed by atoms with E-state index >= 15 is 0 Å². The molecule has 0 radical (unpaired) electrons. The maximum Gasteiger partial charge on any atom is 0.144 e. The molecule has 0 amide bonds. The fraction of sp³-hybridized carbons (Fsp3) is 0. The summed E-state index contributed by atoms with van der Waals surface area (Å²) >= 11 is 3.28. The Morgan fingerprint density at radius 1 is 1.12 bits per heavy atom. The predicted molar refractivity (Wildman–Crippen MR) is 65.0 cm³/mol. The molecule has 0 aromatic heterocycles. The molecule has 0 bridgehead atoms. The zero-order chi connectivity index (χ0) is 11.5. The van der Waals surface area contributed by atoms with Crippen molar-refractivity contribution in [3.63, 3.8) is 0 Å². The number of hydrogen-bond acceptors (Lipinski definition) is 2. The summed E-state index contributed by atoms with van der Waals surface area (Å²) in [7, 11) is 0. The van der Waals surface area contributed by atoms with Gasteiger partial charge in [0.25, 0.3) is 0 Å². The van der Waals surface area contributed by atoms with E-state index in [-0.39, 0.29) is 5.82 Å². The molecule has 0 spiro atoms. The van der Waals surface area contributed by atoms with Crippen molar-refractivity contribution in [3.8, 4) is 11.5 Å². The van der Waals surface area contributed by atoms with E-state index in [1.165, 1.54) is 12.1 Å². The van der Waals surface area contributed by atoms with Crippen molar-refractivity contribution in [2.24, 2.45) is 0 Å². The highest BCUT2D eigenvalue weighted by atomic mass is 79.9. The molecule has 0 atom stereocenters. The van der Waals surface area contributed by atoms with Crippen molar-refractivity contribution in [3.05, 3.63) is 52.8 Å². The van der Waals surface area contributed by atoms with Crippen molar-refractivity contribution in [2.45, 2.75) is 0 Å². The molecule has 0 fully saturated rings. The third-order valence-electron chi connectivity index (χ3n) is 1.98. The molecule has 0 aliphatic carbocycles. The fourth-order valence-corrected chi connectivity index (χ4v) is 1.59. The number of hydrogen-bond donors (Lipinski definition) is 1. The van der Waals surface area contributed by atoms with Crippen LogP contribution in [0.15, 0.2) is 46.9 Å². The summed E-state index contributed by atoms with van der Waals surface area (Å²) in [5.74, 6) is 0.652. The van der Waals surface area contributed by atoms with Gasteiger partial charge >= 0.3 is 0 Å². The summed E-state index contributed by atoms with van der Waals surface area (Å²) < 4.78 is 19.2. The van der Waals surface area contributed by atoms with Crippen LogP contribution in [0.25, 0.3) is 0 Å². The number of nitrogens with two attached hydrogens (primary N) is 1. The Morgan fingerprint density at radius 3 is 2.69 bits per heavy atom. The molecule has 0 aliphatic rings. The van der Waals surface area contributed by atoms with Crippen LogP contribution in [-0.2, 0) is 0 Å². The third-order valence-corrected chi connectivity index (χ3v) is 2.63. The summed E-state index contributed by atoms with van der Waals surface area (Å²) in [6, 6.07) is 11.2. The molecule has 2 rings (SSSR count). The van der Waals surface area contributed by atoms with E-state index in [0.29, 0.717) is 21.7 Å². The zero-order valence-corrected chi connectivity index (χ0v) is 9.87. The smallest absolute Gasteiger partial charge is 0.144 e. The van der Waals surface area contributed by atoms with Crippen LogP contribution >= 0.6 is 15.9 Å². The molecule has 2 N–H and O–H groups in total. The van der Waals surface area contributed by atoms with Crippen molar-refractivity contribution in [1.82, 2.24) is 0 Å². The topological polar surface area (TPSA) is 35.2 Å². The van der Waals surface area contributed by atoms with E-state index in [9.17, 15) is 4.39 Å². The largest absolute Gasteiger partial charge is 0.456 e. The number of ether oxygens (including phenoxy) is 1. The molecule has 2 nitrogen and oxygen atoms in total. The molecule has 2 aromatic carbocycles. The van der Waals surface area contributed by atoms with E-state index in [2.05, 4.69) is 15.9 Å². The van der Waals surface area contributed by atoms with Gasteiger partial charge in [0.15, 0.2) is 0 Å². The molecule has 0 aliphatic heterocycles. The normalized spacial score (nSPS) is 10.1. The van der Waals surface area contributed by atoms with Crippen LogP contribution in [0.5, 0.6) is 11.5 Å². The Hall–Kier alpha value is -1.55. The average Bonchev–Trinajstić information content (AvgIpc) is 2.24. The summed E-state index contributed by atoms with van der Waals surface area (Å²) in [6.45, 7) is 0. The second kappa shape index (κ2) is 4.53. The minimum absolute atomic E-state index is 0.345. The average molecular weight is 282 g/mol. The first-order chi connectivity index (χ1) is 7.65. The monoisotopic (exact) mass is 281 g/mol.